The van der Waals surface area contributed by atoms with Gasteiger partial charge in [-0.15, -0.1) is 0 Å². The van der Waals surface area contributed by atoms with Crippen LogP contribution in [0.25, 0.3) is 0 Å². The minimum atomic E-state index is 0.177. The van der Waals surface area contributed by atoms with Gasteiger partial charge in [-0.1, -0.05) is 32.1 Å². The van der Waals surface area contributed by atoms with Crippen molar-refractivity contribution in [2.75, 3.05) is 0 Å². The van der Waals surface area contributed by atoms with Crippen molar-refractivity contribution in [2.45, 2.75) is 64.3 Å². The molecule has 1 amide bonds. The van der Waals surface area contributed by atoms with Crippen LogP contribution < -0.4 is 5.32 Å². The van der Waals surface area contributed by atoms with Crippen LogP contribution >= 0.6 is 0 Å². The van der Waals surface area contributed by atoms with Crippen molar-refractivity contribution < 1.29 is 9.21 Å². The molecule has 0 radical (unpaired) electrons. The summed E-state index contributed by atoms with van der Waals surface area (Å²) in [4.78, 5) is 11.9. The van der Waals surface area contributed by atoms with E-state index in [0.717, 1.165) is 24.3 Å². The van der Waals surface area contributed by atoms with Gasteiger partial charge in [0.1, 0.15) is 0 Å². The van der Waals surface area contributed by atoms with Gasteiger partial charge in [0.05, 0.1) is 12.5 Å². The van der Waals surface area contributed by atoms with Gasteiger partial charge in [0, 0.05) is 12.5 Å². The zero-order chi connectivity index (χ0) is 13.5. The standard InChI is InChI=1S/C16H25NO2/c1-13(11-15-9-10-19-12-15)17-16(18)8-7-14-5-3-2-4-6-14/h9-10,12-14H,2-8,11H2,1H3,(H,17,18). The van der Waals surface area contributed by atoms with Crippen LogP contribution in [0.2, 0.25) is 0 Å². The molecule has 1 fully saturated rings. The van der Waals surface area contributed by atoms with Gasteiger partial charge in [-0.25, -0.2) is 0 Å². The molecule has 0 aliphatic heterocycles. The molecule has 1 heterocycles. The molecule has 1 unspecified atom stereocenters. The fourth-order valence-corrected chi connectivity index (χ4v) is 2.97. The predicted octanol–water partition coefficient (Wildman–Crippen LogP) is 3.69. The van der Waals surface area contributed by atoms with E-state index in [9.17, 15) is 4.79 Å². The van der Waals surface area contributed by atoms with Crippen LogP contribution in [0.5, 0.6) is 0 Å². The van der Waals surface area contributed by atoms with E-state index < -0.39 is 0 Å². The maximum atomic E-state index is 11.9. The first kappa shape index (κ1) is 14.2. The zero-order valence-corrected chi connectivity index (χ0v) is 11.9. The third kappa shape index (κ3) is 5.09. The fourth-order valence-electron chi connectivity index (χ4n) is 2.97. The number of hydrogen-bond donors (Lipinski definition) is 1. The summed E-state index contributed by atoms with van der Waals surface area (Å²) in [7, 11) is 0. The second-order valence-corrected chi connectivity index (χ2v) is 5.85. The highest BCUT2D eigenvalue weighted by Gasteiger charge is 2.15. The highest BCUT2D eigenvalue weighted by atomic mass is 16.3. The molecule has 1 aliphatic carbocycles. The molecule has 19 heavy (non-hydrogen) atoms. The smallest absolute Gasteiger partial charge is 0.220 e. The van der Waals surface area contributed by atoms with Crippen LogP contribution in [-0.4, -0.2) is 11.9 Å². The third-order valence-electron chi connectivity index (χ3n) is 4.03. The average Bonchev–Trinajstić information content (AvgIpc) is 2.90. The monoisotopic (exact) mass is 263 g/mol. The Morgan fingerprint density at radius 2 is 2.21 bits per heavy atom. The van der Waals surface area contributed by atoms with E-state index in [0.29, 0.717) is 6.42 Å². The van der Waals surface area contributed by atoms with Gasteiger partial charge in [-0.05, 0) is 37.3 Å². The van der Waals surface area contributed by atoms with Crippen molar-refractivity contribution in [1.82, 2.24) is 5.32 Å². The lowest BCUT2D eigenvalue weighted by Crippen LogP contribution is -2.34. The quantitative estimate of drug-likeness (QED) is 0.850. The van der Waals surface area contributed by atoms with Crippen LogP contribution in [0.15, 0.2) is 23.0 Å². The number of hydrogen-bond acceptors (Lipinski definition) is 2. The van der Waals surface area contributed by atoms with E-state index in [1.807, 2.05) is 13.0 Å². The van der Waals surface area contributed by atoms with Gasteiger partial charge in [-0.2, -0.15) is 0 Å². The molecule has 0 spiro atoms. The molecule has 1 aromatic rings. The average molecular weight is 263 g/mol. The summed E-state index contributed by atoms with van der Waals surface area (Å²) in [5.74, 6) is 0.977. The first-order valence-electron chi connectivity index (χ1n) is 7.54. The SMILES string of the molecule is CC(Cc1ccoc1)NC(=O)CCC1CCCCC1. The molecule has 1 aliphatic rings. The summed E-state index contributed by atoms with van der Waals surface area (Å²) in [6.45, 7) is 2.05. The van der Waals surface area contributed by atoms with Crippen molar-refractivity contribution in [3.63, 3.8) is 0 Å². The van der Waals surface area contributed by atoms with Crippen LogP contribution in [0, 0.1) is 5.92 Å². The van der Waals surface area contributed by atoms with Crippen LogP contribution in [-0.2, 0) is 11.2 Å². The van der Waals surface area contributed by atoms with Crippen LogP contribution in [0.3, 0.4) is 0 Å². The number of carbonyl (C=O) groups is 1. The Labute approximate surface area is 115 Å². The maximum Gasteiger partial charge on any atom is 0.220 e. The van der Waals surface area contributed by atoms with Gasteiger partial charge in [0.25, 0.3) is 0 Å². The van der Waals surface area contributed by atoms with Gasteiger partial charge < -0.3 is 9.73 Å². The summed E-state index contributed by atoms with van der Waals surface area (Å²) in [6.07, 6.45) is 12.7. The topological polar surface area (TPSA) is 42.2 Å². The van der Waals surface area contributed by atoms with E-state index in [4.69, 9.17) is 4.42 Å². The molecule has 3 heteroatoms. The van der Waals surface area contributed by atoms with Crippen molar-refractivity contribution in [3.05, 3.63) is 24.2 Å². The number of rotatable bonds is 6. The van der Waals surface area contributed by atoms with E-state index in [2.05, 4.69) is 5.32 Å². The molecule has 2 rings (SSSR count). The van der Waals surface area contributed by atoms with Crippen molar-refractivity contribution >= 4 is 5.91 Å². The minimum absolute atomic E-state index is 0.177. The van der Waals surface area contributed by atoms with Gasteiger partial charge >= 0.3 is 0 Å². The summed E-state index contributed by atoms with van der Waals surface area (Å²) >= 11 is 0. The van der Waals surface area contributed by atoms with E-state index in [1.165, 1.54) is 32.1 Å². The van der Waals surface area contributed by atoms with Crippen LogP contribution in [0.1, 0.15) is 57.4 Å². The Morgan fingerprint density at radius 3 is 2.89 bits per heavy atom. The van der Waals surface area contributed by atoms with E-state index in [1.54, 1.807) is 12.5 Å². The Bertz CT molecular complexity index is 366. The molecule has 0 bridgehead atoms. The lowest BCUT2D eigenvalue weighted by Gasteiger charge is -2.21. The number of amides is 1. The third-order valence-corrected chi connectivity index (χ3v) is 4.03. The summed E-state index contributed by atoms with van der Waals surface area (Å²) in [6, 6.07) is 2.13. The molecule has 1 N–H and O–H groups in total. The number of furan rings is 1. The predicted molar refractivity (Wildman–Crippen MR) is 75.8 cm³/mol. The van der Waals surface area contributed by atoms with Crippen molar-refractivity contribution in [3.8, 4) is 0 Å². The Morgan fingerprint density at radius 1 is 1.42 bits per heavy atom. The molecule has 0 aromatic carbocycles. The second-order valence-electron chi connectivity index (χ2n) is 5.85. The normalized spacial score (nSPS) is 18.2. The Balaban J connectivity index is 1.63. The Kier molecular flexibility index (Phi) is 5.49. The lowest BCUT2D eigenvalue weighted by atomic mass is 9.86. The van der Waals surface area contributed by atoms with E-state index in [-0.39, 0.29) is 11.9 Å². The molecule has 3 nitrogen and oxygen atoms in total. The van der Waals surface area contributed by atoms with Crippen molar-refractivity contribution in [2.24, 2.45) is 5.92 Å². The van der Waals surface area contributed by atoms with E-state index >= 15 is 0 Å². The molecule has 1 aromatic heterocycles. The molecule has 106 valence electrons. The first-order valence-corrected chi connectivity index (χ1v) is 7.54. The van der Waals surface area contributed by atoms with Crippen molar-refractivity contribution in [1.29, 1.82) is 0 Å². The summed E-state index contributed by atoms with van der Waals surface area (Å²) < 4.78 is 5.03. The molecule has 1 saturated carbocycles. The number of carbonyl (C=O) groups excluding carboxylic acids is 1. The summed E-state index contributed by atoms with van der Waals surface area (Å²) in [5, 5.41) is 3.08. The molecular weight excluding hydrogens is 238 g/mol. The maximum absolute atomic E-state index is 11.9. The largest absolute Gasteiger partial charge is 0.472 e. The highest BCUT2D eigenvalue weighted by Crippen LogP contribution is 2.27. The van der Waals surface area contributed by atoms with Gasteiger partial charge in [0.15, 0.2) is 0 Å². The minimum Gasteiger partial charge on any atom is -0.472 e. The number of nitrogens with one attached hydrogen (secondary N) is 1. The van der Waals surface area contributed by atoms with Gasteiger partial charge in [0.2, 0.25) is 5.91 Å². The summed E-state index contributed by atoms with van der Waals surface area (Å²) in [5.41, 5.74) is 1.14. The molecule has 1 atom stereocenters. The zero-order valence-electron chi connectivity index (χ0n) is 11.9. The first-order chi connectivity index (χ1) is 9.24. The molecular formula is C16H25NO2. The van der Waals surface area contributed by atoms with Crippen LogP contribution in [0.4, 0.5) is 0 Å². The molecule has 0 saturated heterocycles. The highest BCUT2D eigenvalue weighted by molar-refractivity contribution is 5.76. The van der Waals surface area contributed by atoms with Gasteiger partial charge in [-0.3, -0.25) is 4.79 Å². The Hall–Kier alpha value is -1.25. The lowest BCUT2D eigenvalue weighted by molar-refractivity contribution is -0.122. The fraction of sp³-hybridized carbons (Fsp3) is 0.688. The second kappa shape index (κ2) is 7.37.